The Morgan fingerprint density at radius 1 is 1.32 bits per heavy atom. The van der Waals surface area contributed by atoms with Gasteiger partial charge in [-0.1, -0.05) is 19.3 Å². The van der Waals surface area contributed by atoms with Crippen LogP contribution in [0, 0.1) is 23.2 Å². The molecule has 1 aromatic rings. The van der Waals surface area contributed by atoms with Gasteiger partial charge < -0.3 is 15.1 Å². The molecule has 1 fully saturated rings. The van der Waals surface area contributed by atoms with E-state index >= 15 is 0 Å². The van der Waals surface area contributed by atoms with E-state index in [-0.39, 0.29) is 42.5 Å². The fraction of sp³-hybridized carbons (Fsp3) is 0.562. The first-order valence-electron chi connectivity index (χ1n) is 7.68. The van der Waals surface area contributed by atoms with Gasteiger partial charge in [-0.3, -0.25) is 9.59 Å². The Bertz CT molecular complexity index is 527. The first-order chi connectivity index (χ1) is 10.7. The van der Waals surface area contributed by atoms with E-state index in [4.69, 9.17) is 9.68 Å². The molecular weight excluding hydrogens is 282 g/mol. The van der Waals surface area contributed by atoms with Gasteiger partial charge in [0.1, 0.15) is 6.54 Å². The van der Waals surface area contributed by atoms with Crippen molar-refractivity contribution in [2.75, 3.05) is 13.1 Å². The van der Waals surface area contributed by atoms with Gasteiger partial charge in [-0.15, -0.1) is 0 Å². The van der Waals surface area contributed by atoms with Crippen molar-refractivity contribution in [2.24, 2.45) is 11.8 Å². The van der Waals surface area contributed by atoms with Crippen molar-refractivity contribution >= 4 is 11.8 Å². The maximum absolute atomic E-state index is 12.3. The van der Waals surface area contributed by atoms with Gasteiger partial charge in [-0.05, 0) is 30.9 Å². The van der Waals surface area contributed by atoms with Crippen LogP contribution >= 0.6 is 0 Å². The molecule has 0 aliphatic heterocycles. The smallest absolute Gasteiger partial charge is 0.287 e. The molecular formula is C16H21N3O3. The van der Waals surface area contributed by atoms with Gasteiger partial charge in [0, 0.05) is 6.54 Å². The first-order valence-corrected chi connectivity index (χ1v) is 7.68. The molecule has 1 heterocycles. The van der Waals surface area contributed by atoms with Crippen molar-refractivity contribution in [3.63, 3.8) is 0 Å². The summed E-state index contributed by atoms with van der Waals surface area (Å²) in [6.07, 6.45) is 6.83. The summed E-state index contributed by atoms with van der Waals surface area (Å²) in [6, 6.07) is 5.14. The SMILES string of the molecule is N#CCNC(=O)C(CNC(=O)c1ccco1)C1CCCCC1. The van der Waals surface area contributed by atoms with E-state index in [0.717, 1.165) is 25.7 Å². The van der Waals surface area contributed by atoms with Crippen LogP contribution in [0.5, 0.6) is 0 Å². The molecule has 1 unspecified atom stereocenters. The summed E-state index contributed by atoms with van der Waals surface area (Å²) in [5.74, 6) is -0.288. The molecule has 1 aliphatic carbocycles. The maximum atomic E-state index is 12.3. The minimum Gasteiger partial charge on any atom is -0.459 e. The van der Waals surface area contributed by atoms with Crippen LogP contribution in [0.25, 0.3) is 0 Å². The number of carbonyl (C=O) groups excluding carboxylic acids is 2. The zero-order valence-corrected chi connectivity index (χ0v) is 12.5. The molecule has 118 valence electrons. The van der Waals surface area contributed by atoms with E-state index in [2.05, 4.69) is 10.6 Å². The van der Waals surface area contributed by atoms with Crippen LogP contribution in [-0.2, 0) is 4.79 Å². The standard InChI is InChI=1S/C16H21N3O3/c17-8-9-18-15(20)13(12-5-2-1-3-6-12)11-19-16(21)14-7-4-10-22-14/h4,7,10,12-13H,1-3,5-6,9,11H2,(H,18,20)(H,19,21). The Morgan fingerprint density at radius 3 is 2.73 bits per heavy atom. The van der Waals surface area contributed by atoms with Crippen molar-refractivity contribution < 1.29 is 14.0 Å². The summed E-state index contributed by atoms with van der Waals surface area (Å²) in [5.41, 5.74) is 0. The molecule has 2 amide bonds. The predicted molar refractivity (Wildman–Crippen MR) is 79.7 cm³/mol. The fourth-order valence-electron chi connectivity index (χ4n) is 2.97. The summed E-state index contributed by atoms with van der Waals surface area (Å²) in [5, 5.41) is 14.0. The Balaban J connectivity index is 1.95. The highest BCUT2D eigenvalue weighted by molar-refractivity contribution is 5.91. The van der Waals surface area contributed by atoms with Crippen molar-refractivity contribution in [1.82, 2.24) is 10.6 Å². The topological polar surface area (TPSA) is 95.1 Å². The molecule has 1 aliphatic rings. The number of nitrogens with one attached hydrogen (secondary N) is 2. The lowest BCUT2D eigenvalue weighted by atomic mass is 9.79. The Kier molecular flexibility index (Phi) is 6.01. The van der Waals surface area contributed by atoms with Crippen LogP contribution < -0.4 is 10.6 Å². The molecule has 1 aromatic heterocycles. The second-order valence-corrected chi connectivity index (χ2v) is 5.57. The number of furan rings is 1. The molecule has 22 heavy (non-hydrogen) atoms. The monoisotopic (exact) mass is 303 g/mol. The number of carbonyl (C=O) groups is 2. The molecule has 0 radical (unpaired) electrons. The molecule has 2 rings (SSSR count). The average Bonchev–Trinajstić information content (AvgIpc) is 3.08. The number of nitriles is 1. The fourth-order valence-corrected chi connectivity index (χ4v) is 2.97. The minimum atomic E-state index is -0.320. The Labute approximate surface area is 129 Å². The summed E-state index contributed by atoms with van der Waals surface area (Å²) in [4.78, 5) is 24.2. The van der Waals surface area contributed by atoms with Crippen LogP contribution in [0.4, 0.5) is 0 Å². The number of hydrogen-bond acceptors (Lipinski definition) is 4. The maximum Gasteiger partial charge on any atom is 0.287 e. The number of nitrogens with zero attached hydrogens (tertiary/aromatic N) is 1. The highest BCUT2D eigenvalue weighted by Gasteiger charge is 2.30. The van der Waals surface area contributed by atoms with Crippen molar-refractivity contribution in [3.8, 4) is 6.07 Å². The second kappa shape index (κ2) is 8.23. The van der Waals surface area contributed by atoms with E-state index in [1.165, 1.54) is 12.7 Å². The highest BCUT2D eigenvalue weighted by Crippen LogP contribution is 2.30. The van der Waals surface area contributed by atoms with Crippen molar-refractivity contribution in [3.05, 3.63) is 24.2 Å². The predicted octanol–water partition coefficient (Wildman–Crippen LogP) is 1.85. The van der Waals surface area contributed by atoms with E-state index in [0.29, 0.717) is 0 Å². The Morgan fingerprint density at radius 2 is 2.09 bits per heavy atom. The van der Waals surface area contributed by atoms with Crippen LogP contribution in [0.15, 0.2) is 22.8 Å². The van der Waals surface area contributed by atoms with Gasteiger partial charge in [0.15, 0.2) is 5.76 Å². The zero-order chi connectivity index (χ0) is 15.8. The van der Waals surface area contributed by atoms with Gasteiger partial charge >= 0.3 is 0 Å². The third-order valence-corrected chi connectivity index (χ3v) is 4.12. The lowest BCUT2D eigenvalue weighted by Crippen LogP contribution is -2.43. The molecule has 6 heteroatoms. The van der Waals surface area contributed by atoms with E-state index in [1.54, 1.807) is 12.1 Å². The number of hydrogen-bond donors (Lipinski definition) is 2. The first kappa shape index (κ1) is 16.1. The molecule has 1 atom stereocenters. The van der Waals surface area contributed by atoms with Gasteiger partial charge in [0.05, 0.1) is 18.3 Å². The van der Waals surface area contributed by atoms with Gasteiger partial charge in [-0.2, -0.15) is 5.26 Å². The quantitative estimate of drug-likeness (QED) is 0.784. The molecule has 1 saturated carbocycles. The van der Waals surface area contributed by atoms with Crippen molar-refractivity contribution in [1.29, 1.82) is 5.26 Å². The van der Waals surface area contributed by atoms with E-state index < -0.39 is 0 Å². The van der Waals surface area contributed by atoms with Crippen LogP contribution in [0.2, 0.25) is 0 Å². The van der Waals surface area contributed by atoms with Crippen molar-refractivity contribution in [2.45, 2.75) is 32.1 Å². The van der Waals surface area contributed by atoms with Crippen LogP contribution in [0.1, 0.15) is 42.7 Å². The molecule has 2 N–H and O–H groups in total. The summed E-state index contributed by atoms with van der Waals surface area (Å²) in [7, 11) is 0. The molecule has 6 nitrogen and oxygen atoms in total. The van der Waals surface area contributed by atoms with E-state index in [9.17, 15) is 9.59 Å². The lowest BCUT2D eigenvalue weighted by molar-refractivity contribution is -0.126. The van der Waals surface area contributed by atoms with Gasteiger partial charge in [-0.25, -0.2) is 0 Å². The minimum absolute atomic E-state index is 0.00577. The lowest BCUT2D eigenvalue weighted by Gasteiger charge is -2.29. The normalized spacial score (nSPS) is 16.5. The second-order valence-electron chi connectivity index (χ2n) is 5.57. The number of amides is 2. The average molecular weight is 303 g/mol. The van der Waals surface area contributed by atoms with Gasteiger partial charge in [0.25, 0.3) is 5.91 Å². The Hall–Kier alpha value is -2.29. The van der Waals surface area contributed by atoms with Gasteiger partial charge in [0.2, 0.25) is 5.91 Å². The van der Waals surface area contributed by atoms with E-state index in [1.807, 2.05) is 6.07 Å². The molecule has 0 spiro atoms. The summed E-state index contributed by atoms with van der Waals surface area (Å²) in [6.45, 7) is 0.260. The third-order valence-electron chi connectivity index (χ3n) is 4.12. The van der Waals surface area contributed by atoms with Crippen LogP contribution in [-0.4, -0.2) is 24.9 Å². The largest absolute Gasteiger partial charge is 0.459 e. The summed E-state index contributed by atoms with van der Waals surface area (Å²) < 4.78 is 5.04. The molecule has 0 aromatic carbocycles. The summed E-state index contributed by atoms with van der Waals surface area (Å²) >= 11 is 0. The third kappa shape index (κ3) is 4.35. The highest BCUT2D eigenvalue weighted by atomic mass is 16.3. The molecule has 0 saturated heterocycles. The molecule has 0 bridgehead atoms. The zero-order valence-electron chi connectivity index (χ0n) is 12.5. The van der Waals surface area contributed by atoms with Crippen LogP contribution in [0.3, 0.4) is 0 Å². The number of rotatable bonds is 6.